The maximum atomic E-state index is 10.0. The van der Waals surface area contributed by atoms with Crippen LogP contribution in [0.4, 0.5) is 0 Å². The van der Waals surface area contributed by atoms with Gasteiger partial charge in [0.05, 0.1) is 5.76 Å². The maximum absolute atomic E-state index is 10.0. The molecule has 2 aromatic rings. The first-order valence-electron chi connectivity index (χ1n) is 7.37. The molecule has 4 nitrogen and oxygen atoms in total. The van der Waals surface area contributed by atoms with Crippen molar-refractivity contribution in [1.82, 2.24) is 9.97 Å². The zero-order chi connectivity index (χ0) is 17.5. The number of nitrogens with zero attached hydrogens (tertiary/aromatic N) is 2. The van der Waals surface area contributed by atoms with Gasteiger partial charge in [-0.1, -0.05) is 26.8 Å². The van der Waals surface area contributed by atoms with Crippen LogP contribution >= 0.6 is 0 Å². The van der Waals surface area contributed by atoms with E-state index in [-0.39, 0.29) is 37.1 Å². The second-order valence-electron chi connectivity index (χ2n) is 6.21. The number of ketones is 1. The average Bonchev–Trinajstić information content (AvgIpc) is 2.47. The van der Waals surface area contributed by atoms with Gasteiger partial charge in [0.2, 0.25) is 0 Å². The Hall–Kier alpha value is -1.84. The molecule has 0 saturated carbocycles. The number of carbonyl (C=O) groups excluding carboxylic acids is 1. The third-order valence-corrected chi connectivity index (χ3v) is 2.83. The molecule has 0 aliphatic carbocycles. The van der Waals surface area contributed by atoms with E-state index in [0.29, 0.717) is 0 Å². The molecular formula is C19H23IrN2O2-. The van der Waals surface area contributed by atoms with E-state index in [1.807, 2.05) is 30.3 Å². The second kappa shape index (κ2) is 10.1. The summed E-state index contributed by atoms with van der Waals surface area (Å²) in [4.78, 5) is 18.6. The van der Waals surface area contributed by atoms with E-state index in [0.717, 1.165) is 17.0 Å². The van der Waals surface area contributed by atoms with Gasteiger partial charge in [0.1, 0.15) is 6.33 Å². The fourth-order valence-corrected chi connectivity index (χ4v) is 1.76. The van der Waals surface area contributed by atoms with Crippen LogP contribution in [0.25, 0.3) is 11.3 Å². The Morgan fingerprint density at radius 3 is 2.29 bits per heavy atom. The number of aliphatic hydroxyl groups is 1. The van der Waals surface area contributed by atoms with Crippen molar-refractivity contribution in [2.24, 2.45) is 0 Å². The van der Waals surface area contributed by atoms with Crippen molar-refractivity contribution in [2.75, 3.05) is 0 Å². The molecule has 1 heterocycles. The molecule has 1 N–H and O–H groups in total. The molecule has 0 atom stereocenters. The van der Waals surface area contributed by atoms with E-state index >= 15 is 0 Å². The zero-order valence-corrected chi connectivity index (χ0v) is 17.0. The van der Waals surface area contributed by atoms with E-state index in [4.69, 9.17) is 5.11 Å². The Bertz CT molecular complexity index is 673. The van der Waals surface area contributed by atoms with E-state index in [1.165, 1.54) is 19.9 Å². The van der Waals surface area contributed by atoms with Gasteiger partial charge in [-0.3, -0.25) is 9.78 Å². The van der Waals surface area contributed by atoms with Crippen molar-refractivity contribution in [2.45, 2.75) is 40.0 Å². The van der Waals surface area contributed by atoms with E-state index in [2.05, 4.69) is 36.8 Å². The number of allylic oxidation sites excluding steroid dienone is 2. The van der Waals surface area contributed by atoms with Crippen LogP contribution in [0.2, 0.25) is 0 Å². The Morgan fingerprint density at radius 1 is 1.21 bits per heavy atom. The van der Waals surface area contributed by atoms with Gasteiger partial charge in [0, 0.05) is 37.3 Å². The molecule has 2 rings (SSSR count). The summed E-state index contributed by atoms with van der Waals surface area (Å²) in [6.45, 7) is 9.29. The molecule has 0 fully saturated rings. The van der Waals surface area contributed by atoms with Crippen LogP contribution in [0.5, 0.6) is 0 Å². The first-order valence-corrected chi connectivity index (χ1v) is 7.37. The number of rotatable bonds is 2. The molecule has 0 spiro atoms. The van der Waals surface area contributed by atoms with Crippen molar-refractivity contribution in [3.63, 3.8) is 0 Å². The van der Waals surface area contributed by atoms with Crippen molar-refractivity contribution >= 4 is 5.78 Å². The summed E-state index contributed by atoms with van der Waals surface area (Å²) in [5.41, 5.74) is 3.04. The predicted octanol–water partition coefficient (Wildman–Crippen LogP) is 4.28. The summed E-state index contributed by atoms with van der Waals surface area (Å²) in [6, 6.07) is 13.1. The summed E-state index contributed by atoms with van der Waals surface area (Å²) in [6.07, 6.45) is 2.79. The Labute approximate surface area is 157 Å². The minimum Gasteiger partial charge on any atom is -0.512 e. The number of hydrogen-bond donors (Lipinski definition) is 1. The van der Waals surface area contributed by atoms with E-state index in [9.17, 15) is 4.79 Å². The first kappa shape index (κ1) is 22.2. The number of aromatic nitrogens is 2. The molecule has 0 bridgehead atoms. The molecule has 131 valence electrons. The van der Waals surface area contributed by atoms with Crippen LogP contribution in [-0.2, 0) is 30.3 Å². The van der Waals surface area contributed by atoms with Gasteiger partial charge in [-0.2, -0.15) is 0 Å². The third-order valence-electron chi connectivity index (χ3n) is 2.83. The molecule has 1 radical (unpaired) electrons. The van der Waals surface area contributed by atoms with E-state index < -0.39 is 0 Å². The van der Waals surface area contributed by atoms with Gasteiger partial charge in [0.25, 0.3) is 0 Å². The standard InChI is InChI=1S/C14H15N2.C5H8O2.Ir/c1-14(2,3)13-9-12(15-10-16-13)11-7-5-4-6-8-11;1-4(6)3-5(2)7;/h4-7,9-10H,1-3H3;3,6H,1-2H3;/q-1;;. The molecule has 1 aromatic heterocycles. The first-order chi connectivity index (χ1) is 10.7. The summed E-state index contributed by atoms with van der Waals surface area (Å²) >= 11 is 0. The summed E-state index contributed by atoms with van der Waals surface area (Å²) in [5.74, 6) is -0.0625. The minimum atomic E-state index is -0.125. The number of aliphatic hydroxyl groups excluding tert-OH is 1. The SMILES string of the molecule is CC(=O)C=C(C)O.CC(C)(C)c1cc(-c2[c-]cccc2)ncn1.[Ir]. The van der Waals surface area contributed by atoms with Crippen LogP contribution < -0.4 is 0 Å². The minimum absolute atomic E-state index is 0. The second-order valence-corrected chi connectivity index (χ2v) is 6.21. The van der Waals surface area contributed by atoms with Gasteiger partial charge < -0.3 is 5.11 Å². The normalized spacial score (nSPS) is 11.0. The molecule has 24 heavy (non-hydrogen) atoms. The van der Waals surface area contributed by atoms with Crippen LogP contribution in [0, 0.1) is 6.07 Å². The van der Waals surface area contributed by atoms with Crippen LogP contribution in [0.1, 0.15) is 40.3 Å². The summed E-state index contributed by atoms with van der Waals surface area (Å²) in [5, 5.41) is 8.36. The number of hydrogen-bond acceptors (Lipinski definition) is 4. The van der Waals surface area contributed by atoms with Crippen LogP contribution in [-0.4, -0.2) is 20.9 Å². The molecule has 0 unspecified atom stereocenters. The van der Waals surface area contributed by atoms with Gasteiger partial charge in [-0.25, -0.2) is 4.98 Å². The largest absolute Gasteiger partial charge is 0.512 e. The van der Waals surface area contributed by atoms with Crippen molar-refractivity contribution in [3.8, 4) is 11.3 Å². The Morgan fingerprint density at radius 2 is 1.88 bits per heavy atom. The van der Waals surface area contributed by atoms with Crippen LogP contribution in [0.15, 0.2) is 48.5 Å². The molecule has 0 amide bonds. The van der Waals surface area contributed by atoms with Gasteiger partial charge in [-0.05, 0) is 19.5 Å². The number of carbonyl (C=O) groups is 1. The molecule has 0 aliphatic rings. The van der Waals surface area contributed by atoms with Crippen molar-refractivity contribution < 1.29 is 30.0 Å². The smallest absolute Gasteiger partial charge is 0.155 e. The van der Waals surface area contributed by atoms with Crippen LogP contribution in [0.3, 0.4) is 0 Å². The molecular weight excluding hydrogens is 480 g/mol. The fourth-order valence-electron chi connectivity index (χ4n) is 1.76. The maximum Gasteiger partial charge on any atom is 0.155 e. The summed E-state index contributed by atoms with van der Waals surface area (Å²) in [7, 11) is 0. The van der Waals surface area contributed by atoms with E-state index in [1.54, 1.807) is 6.33 Å². The Kier molecular flexibility index (Phi) is 9.34. The average molecular weight is 504 g/mol. The zero-order valence-electron chi connectivity index (χ0n) is 14.6. The number of benzene rings is 1. The van der Waals surface area contributed by atoms with Gasteiger partial charge in [0.15, 0.2) is 5.78 Å². The van der Waals surface area contributed by atoms with Gasteiger partial charge >= 0.3 is 0 Å². The summed E-state index contributed by atoms with van der Waals surface area (Å²) < 4.78 is 0. The van der Waals surface area contributed by atoms with Crippen molar-refractivity contribution in [3.05, 3.63) is 60.3 Å². The fraction of sp³-hybridized carbons (Fsp3) is 0.316. The van der Waals surface area contributed by atoms with Gasteiger partial charge in [-0.15, -0.1) is 35.9 Å². The third kappa shape index (κ3) is 8.14. The Balaban J connectivity index is 0.000000570. The van der Waals surface area contributed by atoms with Crippen molar-refractivity contribution in [1.29, 1.82) is 0 Å². The monoisotopic (exact) mass is 504 g/mol. The topological polar surface area (TPSA) is 63.1 Å². The molecule has 0 aliphatic heterocycles. The quantitative estimate of drug-likeness (QED) is 0.378. The molecule has 5 heteroatoms. The molecule has 1 aromatic carbocycles. The molecule has 0 saturated heterocycles. The predicted molar refractivity (Wildman–Crippen MR) is 92.1 cm³/mol.